The molecule has 0 spiro atoms. The molecule has 1 aromatic rings. The fraction of sp³-hybridized carbons (Fsp3) is 0.724. The van der Waals surface area contributed by atoms with Crippen molar-refractivity contribution in [2.45, 2.75) is 89.2 Å². The number of ketones is 1. The third kappa shape index (κ3) is 7.85. The number of piperidine rings is 1. The number of hydrogen-bond acceptors (Lipinski definition) is 4. The second-order valence-electron chi connectivity index (χ2n) is 11.1. The SMILES string of the molecule is CO[C@H]1CC[C@@H](CC(=O)N[C@H]2CC[C@H](CCN3CCC(C(=O)c4ccc(F)cc4)CC3)CC2)CC1. The minimum Gasteiger partial charge on any atom is -0.381 e. The van der Waals surface area contributed by atoms with E-state index in [2.05, 4.69) is 10.2 Å². The van der Waals surface area contributed by atoms with Gasteiger partial charge in [-0.3, -0.25) is 9.59 Å². The molecule has 6 heteroatoms. The maximum atomic E-state index is 13.1. The molecule has 1 N–H and O–H groups in total. The zero-order valence-electron chi connectivity index (χ0n) is 21.4. The summed E-state index contributed by atoms with van der Waals surface area (Å²) in [7, 11) is 1.79. The zero-order chi connectivity index (χ0) is 24.6. The lowest BCUT2D eigenvalue weighted by Gasteiger charge is -2.34. The number of Topliss-reactive ketones (excluding diaryl/α,β-unsaturated/α-hetero) is 1. The monoisotopic (exact) mass is 486 g/mol. The number of nitrogens with zero attached hydrogens (tertiary/aromatic N) is 1. The lowest BCUT2D eigenvalue weighted by molar-refractivity contribution is -0.123. The minimum absolute atomic E-state index is 0.0609. The minimum atomic E-state index is -0.298. The molecule has 1 amide bonds. The highest BCUT2D eigenvalue weighted by molar-refractivity contribution is 5.97. The van der Waals surface area contributed by atoms with Crippen LogP contribution in [0.1, 0.15) is 87.4 Å². The van der Waals surface area contributed by atoms with Crippen molar-refractivity contribution in [1.29, 1.82) is 0 Å². The molecule has 2 saturated carbocycles. The molecule has 35 heavy (non-hydrogen) atoms. The summed E-state index contributed by atoms with van der Waals surface area (Å²) in [5, 5.41) is 3.32. The number of ether oxygens (including phenoxy) is 1. The van der Waals surface area contributed by atoms with E-state index in [1.807, 2.05) is 0 Å². The Morgan fingerprint density at radius 3 is 2.17 bits per heavy atom. The summed E-state index contributed by atoms with van der Waals surface area (Å²) in [6.45, 7) is 3.04. The van der Waals surface area contributed by atoms with Crippen molar-refractivity contribution in [2.24, 2.45) is 17.8 Å². The van der Waals surface area contributed by atoms with E-state index >= 15 is 0 Å². The van der Waals surface area contributed by atoms with Crippen molar-refractivity contribution in [3.8, 4) is 0 Å². The van der Waals surface area contributed by atoms with Gasteiger partial charge < -0.3 is 15.0 Å². The van der Waals surface area contributed by atoms with Crippen molar-refractivity contribution in [1.82, 2.24) is 10.2 Å². The highest BCUT2D eigenvalue weighted by Crippen LogP contribution is 2.30. The Kier molecular flexibility index (Phi) is 9.73. The molecule has 1 heterocycles. The standard InChI is InChI=1S/C29H43FN2O3/c1-35-27-12-4-22(5-13-27)20-28(33)31-26-10-2-21(3-11-26)14-17-32-18-15-24(16-19-32)29(34)23-6-8-25(30)9-7-23/h6-9,21-22,24,26-27H,2-5,10-20H2,1H3,(H,31,33)/t21-,22-,26-,27+. The van der Waals surface area contributed by atoms with Crippen molar-refractivity contribution in [3.05, 3.63) is 35.6 Å². The predicted octanol–water partition coefficient (Wildman–Crippen LogP) is 5.38. The Bertz CT molecular complexity index is 806. The van der Waals surface area contributed by atoms with Crippen LogP contribution in [0.3, 0.4) is 0 Å². The first-order chi connectivity index (χ1) is 17.0. The van der Waals surface area contributed by atoms with Crippen molar-refractivity contribution < 1.29 is 18.7 Å². The first kappa shape index (κ1) is 26.3. The van der Waals surface area contributed by atoms with Gasteiger partial charge >= 0.3 is 0 Å². The summed E-state index contributed by atoms with van der Waals surface area (Å²) in [6, 6.07) is 6.31. The topological polar surface area (TPSA) is 58.6 Å². The van der Waals surface area contributed by atoms with E-state index in [9.17, 15) is 14.0 Å². The fourth-order valence-electron chi connectivity index (χ4n) is 6.35. The van der Waals surface area contributed by atoms with Crippen LogP contribution in [-0.4, -0.2) is 55.5 Å². The predicted molar refractivity (Wildman–Crippen MR) is 136 cm³/mol. The van der Waals surface area contributed by atoms with E-state index in [4.69, 9.17) is 4.74 Å². The van der Waals surface area contributed by atoms with Gasteiger partial charge in [-0.1, -0.05) is 0 Å². The van der Waals surface area contributed by atoms with E-state index in [0.29, 0.717) is 30.0 Å². The van der Waals surface area contributed by atoms with Gasteiger partial charge in [0.05, 0.1) is 6.10 Å². The van der Waals surface area contributed by atoms with Gasteiger partial charge in [-0.2, -0.15) is 0 Å². The second kappa shape index (κ2) is 13.0. The van der Waals surface area contributed by atoms with Crippen molar-refractivity contribution >= 4 is 11.7 Å². The first-order valence-electron chi connectivity index (χ1n) is 13.8. The van der Waals surface area contributed by atoms with Gasteiger partial charge in [0.15, 0.2) is 5.78 Å². The third-order valence-corrected chi connectivity index (χ3v) is 8.75. The molecule has 194 valence electrons. The molecular formula is C29H43FN2O3. The second-order valence-corrected chi connectivity index (χ2v) is 11.1. The van der Waals surface area contributed by atoms with Gasteiger partial charge in [-0.25, -0.2) is 4.39 Å². The molecule has 0 aromatic heterocycles. The van der Waals surface area contributed by atoms with E-state index in [-0.39, 0.29) is 23.4 Å². The first-order valence-corrected chi connectivity index (χ1v) is 13.8. The summed E-state index contributed by atoms with van der Waals surface area (Å²) in [4.78, 5) is 27.7. The Morgan fingerprint density at radius 1 is 0.914 bits per heavy atom. The molecule has 0 radical (unpaired) electrons. The van der Waals surface area contributed by atoms with Crippen LogP contribution in [0.15, 0.2) is 24.3 Å². The Labute approximate surface area is 210 Å². The smallest absolute Gasteiger partial charge is 0.220 e. The molecule has 1 aromatic carbocycles. The quantitative estimate of drug-likeness (QED) is 0.476. The summed E-state index contributed by atoms with van der Waals surface area (Å²) in [5.74, 6) is 1.43. The van der Waals surface area contributed by atoms with E-state index < -0.39 is 0 Å². The van der Waals surface area contributed by atoms with Gasteiger partial charge in [-0.15, -0.1) is 0 Å². The molecule has 1 saturated heterocycles. The number of carbonyl (C=O) groups excluding carboxylic acids is 2. The maximum absolute atomic E-state index is 13.1. The van der Waals surface area contributed by atoms with Crippen LogP contribution in [-0.2, 0) is 9.53 Å². The summed E-state index contributed by atoms with van der Waals surface area (Å²) in [6.07, 6.45) is 13.0. The Morgan fingerprint density at radius 2 is 1.54 bits per heavy atom. The van der Waals surface area contributed by atoms with Crippen LogP contribution in [0.2, 0.25) is 0 Å². The number of nitrogens with one attached hydrogen (secondary N) is 1. The largest absolute Gasteiger partial charge is 0.381 e. The lowest BCUT2D eigenvalue weighted by atomic mass is 9.83. The molecule has 1 aliphatic heterocycles. The van der Waals surface area contributed by atoms with Gasteiger partial charge in [0.1, 0.15) is 5.82 Å². The molecule has 0 unspecified atom stereocenters. The van der Waals surface area contributed by atoms with Crippen molar-refractivity contribution in [3.63, 3.8) is 0 Å². The maximum Gasteiger partial charge on any atom is 0.220 e. The van der Waals surface area contributed by atoms with Crippen LogP contribution < -0.4 is 5.32 Å². The highest BCUT2D eigenvalue weighted by atomic mass is 19.1. The average molecular weight is 487 g/mol. The number of hydrogen-bond donors (Lipinski definition) is 1. The summed E-state index contributed by atoms with van der Waals surface area (Å²) in [5.41, 5.74) is 0.632. The number of rotatable bonds is 9. The van der Waals surface area contributed by atoms with Crippen LogP contribution in [0, 0.1) is 23.6 Å². The molecule has 0 bridgehead atoms. The molecule has 3 fully saturated rings. The summed E-state index contributed by atoms with van der Waals surface area (Å²) >= 11 is 0. The van der Waals surface area contributed by atoms with E-state index in [1.54, 1.807) is 19.2 Å². The van der Waals surface area contributed by atoms with Gasteiger partial charge in [-0.05, 0) is 126 Å². The van der Waals surface area contributed by atoms with Gasteiger partial charge in [0.2, 0.25) is 5.91 Å². The van der Waals surface area contributed by atoms with E-state index in [0.717, 1.165) is 76.9 Å². The number of likely N-dealkylation sites (tertiary alicyclic amines) is 1. The number of halogens is 1. The highest BCUT2D eigenvalue weighted by Gasteiger charge is 2.28. The van der Waals surface area contributed by atoms with Crippen LogP contribution in [0.25, 0.3) is 0 Å². The van der Waals surface area contributed by atoms with Crippen LogP contribution in [0.5, 0.6) is 0 Å². The number of amides is 1. The molecular weight excluding hydrogens is 443 g/mol. The lowest BCUT2D eigenvalue weighted by Crippen LogP contribution is -2.40. The van der Waals surface area contributed by atoms with Crippen molar-refractivity contribution in [2.75, 3.05) is 26.7 Å². The summed E-state index contributed by atoms with van der Waals surface area (Å²) < 4.78 is 18.6. The Hall–Kier alpha value is -1.79. The van der Waals surface area contributed by atoms with Gasteiger partial charge in [0.25, 0.3) is 0 Å². The third-order valence-electron chi connectivity index (χ3n) is 8.75. The molecule has 4 rings (SSSR count). The van der Waals surface area contributed by atoms with E-state index in [1.165, 1.54) is 31.4 Å². The molecule has 2 aliphatic carbocycles. The number of methoxy groups -OCH3 is 1. The molecule has 0 atom stereocenters. The normalized spacial score (nSPS) is 28.5. The molecule has 5 nitrogen and oxygen atoms in total. The zero-order valence-corrected chi connectivity index (χ0v) is 21.4. The van der Waals surface area contributed by atoms with Crippen LogP contribution >= 0.6 is 0 Å². The average Bonchev–Trinajstić information content (AvgIpc) is 2.89. The van der Waals surface area contributed by atoms with Gasteiger partial charge in [0, 0.05) is 31.1 Å². The fourth-order valence-corrected chi connectivity index (χ4v) is 6.35. The number of carbonyl (C=O) groups is 2. The Balaban J connectivity index is 1.08. The number of benzene rings is 1. The molecule has 3 aliphatic rings. The van der Waals surface area contributed by atoms with Crippen LogP contribution in [0.4, 0.5) is 4.39 Å².